The molecule has 1 aromatic carbocycles. The summed E-state index contributed by atoms with van der Waals surface area (Å²) in [6, 6.07) is 5.64. The van der Waals surface area contributed by atoms with Crippen molar-refractivity contribution in [3.05, 3.63) is 24.3 Å². The lowest BCUT2D eigenvalue weighted by Crippen LogP contribution is -2.11. The highest BCUT2D eigenvalue weighted by Gasteiger charge is 2.03. The number of carbonyl (C=O) groups is 1. The first kappa shape index (κ1) is 10.2. The Hall–Kier alpha value is -1.88. The Bertz CT molecular complexity index is 316. The zero-order chi connectivity index (χ0) is 10.4. The quantitative estimate of drug-likeness (QED) is 0.515. The lowest BCUT2D eigenvalue weighted by Gasteiger charge is -2.01. The Balaban J connectivity index is 2.63. The van der Waals surface area contributed by atoms with Gasteiger partial charge in [-0.05, 0) is 24.3 Å². The number of carbonyl (C=O) groups excluding carboxylic acids is 2. The van der Waals surface area contributed by atoms with Gasteiger partial charge in [-0.2, -0.15) is 0 Å². The van der Waals surface area contributed by atoms with Gasteiger partial charge < -0.3 is 9.47 Å². The topological polar surface area (TPSA) is 72.5 Å². The molecule has 0 atom stereocenters. The van der Waals surface area contributed by atoms with Crippen molar-refractivity contribution in [1.29, 1.82) is 0 Å². The summed E-state index contributed by atoms with van der Waals surface area (Å²) in [5.41, 5.74) is 0. The lowest BCUT2D eigenvalue weighted by atomic mass is 10.3. The maximum Gasteiger partial charge on any atom is 0.423 e. The molecule has 5 nitrogen and oxygen atoms in total. The molecule has 0 unspecified atom stereocenters. The van der Waals surface area contributed by atoms with Gasteiger partial charge >= 0.3 is 12.4 Å². The van der Waals surface area contributed by atoms with Crippen LogP contribution in [0.15, 0.2) is 24.3 Å². The number of hydrogen-bond donors (Lipinski definition) is 0. The van der Waals surface area contributed by atoms with E-state index in [-0.39, 0.29) is 11.5 Å². The van der Waals surface area contributed by atoms with Crippen molar-refractivity contribution < 1.29 is 24.2 Å². The highest BCUT2D eigenvalue weighted by atomic mass is 16.5. The number of ether oxygens (including phenoxy) is 2. The van der Waals surface area contributed by atoms with Crippen LogP contribution in [0.25, 0.3) is 0 Å². The second-order valence-electron chi connectivity index (χ2n) is 2.28. The third-order valence-corrected chi connectivity index (χ3v) is 1.33. The van der Waals surface area contributed by atoms with E-state index in [4.69, 9.17) is 0 Å². The van der Waals surface area contributed by atoms with Crippen LogP contribution in [-0.2, 0) is 14.7 Å². The molecule has 0 spiro atoms. The molecule has 0 saturated carbocycles. The van der Waals surface area contributed by atoms with E-state index in [2.05, 4.69) is 9.47 Å². The average Bonchev–Trinajstić information content (AvgIpc) is 2.21. The minimum absolute atomic E-state index is 0.226. The molecule has 0 saturated heterocycles. The SMILES string of the molecule is [O]CC(=O)Oc1ccc(O[C]=O)cc1. The molecule has 0 aliphatic heterocycles. The van der Waals surface area contributed by atoms with Gasteiger partial charge in [-0.15, -0.1) is 0 Å². The van der Waals surface area contributed by atoms with Gasteiger partial charge in [0.2, 0.25) is 0 Å². The van der Waals surface area contributed by atoms with Crippen LogP contribution in [0.3, 0.4) is 0 Å². The molecule has 0 heterocycles. The largest absolute Gasteiger partial charge is 0.425 e. The summed E-state index contributed by atoms with van der Waals surface area (Å²) in [6.07, 6.45) is 0. The zero-order valence-corrected chi connectivity index (χ0v) is 7.06. The number of esters is 1. The number of hydrogen-bond acceptors (Lipinski definition) is 4. The van der Waals surface area contributed by atoms with Crippen molar-refractivity contribution in [1.82, 2.24) is 0 Å². The molecule has 0 amide bonds. The predicted octanol–water partition coefficient (Wildman–Crippen LogP) is 0.468. The Labute approximate surface area is 79.9 Å². The van der Waals surface area contributed by atoms with Gasteiger partial charge in [0.1, 0.15) is 11.5 Å². The number of benzene rings is 1. The molecule has 0 fully saturated rings. The molecule has 2 radical (unpaired) electrons. The van der Waals surface area contributed by atoms with E-state index >= 15 is 0 Å². The Morgan fingerprint density at radius 2 is 1.79 bits per heavy atom. The van der Waals surface area contributed by atoms with Crippen LogP contribution in [0.1, 0.15) is 0 Å². The fraction of sp³-hybridized carbons (Fsp3) is 0.111. The molecular weight excluding hydrogens is 188 g/mol. The number of rotatable bonds is 4. The third-order valence-electron chi connectivity index (χ3n) is 1.33. The van der Waals surface area contributed by atoms with Crippen LogP contribution in [-0.4, -0.2) is 19.0 Å². The van der Waals surface area contributed by atoms with E-state index in [1.54, 1.807) is 0 Å². The van der Waals surface area contributed by atoms with Gasteiger partial charge in [-0.25, -0.2) is 14.7 Å². The van der Waals surface area contributed by atoms with Crippen LogP contribution in [0.2, 0.25) is 0 Å². The van der Waals surface area contributed by atoms with E-state index in [9.17, 15) is 14.7 Å². The van der Waals surface area contributed by atoms with Crippen molar-refractivity contribution in [2.75, 3.05) is 6.61 Å². The summed E-state index contributed by atoms with van der Waals surface area (Å²) < 4.78 is 8.98. The molecule has 0 aromatic heterocycles. The first-order valence-corrected chi connectivity index (χ1v) is 3.69. The second kappa shape index (κ2) is 4.98. The summed E-state index contributed by atoms with van der Waals surface area (Å²) in [4.78, 5) is 20.4. The normalized spacial score (nSPS) is 9.21. The van der Waals surface area contributed by atoms with E-state index in [1.165, 1.54) is 30.7 Å². The Morgan fingerprint density at radius 3 is 2.29 bits per heavy atom. The molecule has 14 heavy (non-hydrogen) atoms. The van der Waals surface area contributed by atoms with Crippen molar-refractivity contribution in [2.24, 2.45) is 0 Å². The molecule has 0 aliphatic carbocycles. The average molecular weight is 194 g/mol. The van der Waals surface area contributed by atoms with Gasteiger partial charge in [0.05, 0.1) is 0 Å². The van der Waals surface area contributed by atoms with Gasteiger partial charge in [0, 0.05) is 0 Å². The van der Waals surface area contributed by atoms with Crippen molar-refractivity contribution in [2.45, 2.75) is 0 Å². The standard InChI is InChI=1S/C9H6O5/c10-5-9(12)14-8-3-1-7(2-4-8)13-6-11/h1-4H,5H2. The van der Waals surface area contributed by atoms with E-state index in [0.29, 0.717) is 0 Å². The van der Waals surface area contributed by atoms with Crippen LogP contribution in [0.4, 0.5) is 0 Å². The van der Waals surface area contributed by atoms with Gasteiger partial charge in [-0.1, -0.05) is 0 Å². The first-order chi connectivity index (χ1) is 6.76. The molecule has 1 rings (SSSR count). The van der Waals surface area contributed by atoms with Gasteiger partial charge in [-0.3, -0.25) is 0 Å². The molecule has 0 aliphatic rings. The smallest absolute Gasteiger partial charge is 0.423 e. The van der Waals surface area contributed by atoms with E-state index in [0.717, 1.165) is 0 Å². The minimum Gasteiger partial charge on any atom is -0.425 e. The Morgan fingerprint density at radius 1 is 1.21 bits per heavy atom. The summed E-state index contributed by atoms with van der Waals surface area (Å²) in [5, 5.41) is 10.1. The highest BCUT2D eigenvalue weighted by molar-refractivity contribution is 5.73. The fourth-order valence-corrected chi connectivity index (χ4v) is 0.785. The van der Waals surface area contributed by atoms with E-state index < -0.39 is 12.6 Å². The second-order valence-corrected chi connectivity index (χ2v) is 2.28. The van der Waals surface area contributed by atoms with Gasteiger partial charge in [0.25, 0.3) is 0 Å². The molecule has 1 aromatic rings. The van der Waals surface area contributed by atoms with Crippen molar-refractivity contribution in [3.63, 3.8) is 0 Å². The zero-order valence-electron chi connectivity index (χ0n) is 7.06. The summed E-state index contributed by atoms with van der Waals surface area (Å²) >= 11 is 0. The van der Waals surface area contributed by atoms with Crippen molar-refractivity contribution in [3.8, 4) is 11.5 Å². The van der Waals surface area contributed by atoms with Crippen LogP contribution >= 0.6 is 0 Å². The predicted molar refractivity (Wildman–Crippen MR) is 44.0 cm³/mol. The summed E-state index contributed by atoms with van der Waals surface area (Å²) in [5.74, 6) is -0.355. The maximum absolute atomic E-state index is 10.6. The molecular formula is C9H6O5. The first-order valence-electron chi connectivity index (χ1n) is 3.69. The molecule has 0 bridgehead atoms. The highest BCUT2D eigenvalue weighted by Crippen LogP contribution is 2.16. The monoisotopic (exact) mass is 194 g/mol. The maximum atomic E-state index is 10.6. The summed E-state index contributed by atoms with van der Waals surface area (Å²) in [6.45, 7) is 0.317. The molecule has 5 heteroatoms. The Kier molecular flexibility index (Phi) is 3.63. The fourth-order valence-electron chi connectivity index (χ4n) is 0.785. The van der Waals surface area contributed by atoms with Crippen LogP contribution in [0, 0.1) is 0 Å². The molecule has 0 N–H and O–H groups in total. The van der Waals surface area contributed by atoms with Crippen LogP contribution < -0.4 is 9.47 Å². The lowest BCUT2D eigenvalue weighted by molar-refractivity contribution is -0.139. The minimum atomic E-state index is -0.930. The van der Waals surface area contributed by atoms with Gasteiger partial charge in [0.15, 0.2) is 6.61 Å². The van der Waals surface area contributed by atoms with Crippen LogP contribution in [0.5, 0.6) is 11.5 Å². The van der Waals surface area contributed by atoms with E-state index in [1.807, 2.05) is 0 Å². The molecule has 72 valence electrons. The van der Waals surface area contributed by atoms with Crippen molar-refractivity contribution >= 4 is 12.4 Å². The summed E-state index contributed by atoms with van der Waals surface area (Å²) in [7, 11) is 0. The third kappa shape index (κ3) is 2.87.